The number of para-hydroxylation sites is 1. The molecule has 2 N–H and O–H groups in total. The van der Waals surface area contributed by atoms with Crippen LogP contribution in [0.15, 0.2) is 54.1 Å². The van der Waals surface area contributed by atoms with Gasteiger partial charge in [-0.2, -0.15) is 0 Å². The van der Waals surface area contributed by atoms with E-state index < -0.39 is 0 Å². The molecule has 2 aliphatic heterocycles. The van der Waals surface area contributed by atoms with Crippen LogP contribution in [0.4, 0.5) is 0 Å². The van der Waals surface area contributed by atoms with E-state index in [1.54, 1.807) is 0 Å². The van der Waals surface area contributed by atoms with Gasteiger partial charge in [-0.1, -0.05) is 36.4 Å². The molecule has 6 nitrogen and oxygen atoms in total. The van der Waals surface area contributed by atoms with Crippen LogP contribution >= 0.6 is 0 Å². The molecule has 0 spiro atoms. The van der Waals surface area contributed by atoms with Crippen LogP contribution in [0.5, 0.6) is 0 Å². The predicted molar refractivity (Wildman–Crippen MR) is 113 cm³/mol. The van der Waals surface area contributed by atoms with E-state index in [2.05, 4.69) is 29.9 Å². The number of carbonyl (C=O) groups is 2. The molecule has 4 atom stereocenters. The molecule has 0 unspecified atom stereocenters. The maximum atomic E-state index is 12.7. The lowest BCUT2D eigenvalue weighted by atomic mass is 9.84. The topological polar surface area (TPSA) is 83.7 Å². The highest BCUT2D eigenvalue weighted by Gasteiger charge is 2.61. The summed E-state index contributed by atoms with van der Waals surface area (Å²) in [6.07, 6.45) is 5.21. The number of carbonyl (C=O) groups excluding carboxylic acids is 2. The van der Waals surface area contributed by atoms with Gasteiger partial charge in [-0.05, 0) is 44.7 Å². The molecule has 1 aromatic heterocycles. The number of allylic oxidation sites excluding steroid dienone is 1. The number of amides is 1. The second-order valence-electron chi connectivity index (χ2n) is 8.75. The molecule has 0 radical (unpaired) electrons. The summed E-state index contributed by atoms with van der Waals surface area (Å²) >= 11 is 0. The van der Waals surface area contributed by atoms with Crippen molar-refractivity contribution in [2.45, 2.75) is 50.4 Å². The maximum Gasteiger partial charge on any atom is 0.334 e. The standard InChI is InChI=1S/C24H26N2O4/c1-14-17-10-9-15(6-5-11-24(2)21(30-24)20(17)29-23(14)28)13-25-22(27)19-12-16-7-3-4-8-18(16)26-19/h3-4,6-8,12,17,20-21,26H,1,5,9-11,13H2,2H3,(H,25,27)/b15-6+/t17-,20-,21-,24+/m0/s1. The van der Waals surface area contributed by atoms with Crippen LogP contribution in [-0.4, -0.2) is 41.2 Å². The van der Waals surface area contributed by atoms with Gasteiger partial charge in [-0.25, -0.2) is 4.79 Å². The molecular formula is C24H26N2O4. The van der Waals surface area contributed by atoms with Crippen molar-refractivity contribution in [3.05, 3.63) is 59.8 Å². The smallest absolute Gasteiger partial charge is 0.334 e. The van der Waals surface area contributed by atoms with Crippen LogP contribution in [0, 0.1) is 5.92 Å². The van der Waals surface area contributed by atoms with Crippen LogP contribution < -0.4 is 5.32 Å². The van der Waals surface area contributed by atoms with Crippen molar-refractivity contribution >= 4 is 22.8 Å². The molecule has 3 aliphatic rings. The number of hydrogen-bond acceptors (Lipinski definition) is 4. The number of aromatic nitrogens is 1. The van der Waals surface area contributed by atoms with E-state index in [4.69, 9.17) is 9.47 Å². The molecule has 2 saturated heterocycles. The zero-order valence-electron chi connectivity index (χ0n) is 17.1. The minimum Gasteiger partial charge on any atom is -0.455 e. The van der Waals surface area contributed by atoms with Crippen LogP contribution in [0.25, 0.3) is 10.9 Å². The molecule has 1 aliphatic carbocycles. The van der Waals surface area contributed by atoms with Gasteiger partial charge >= 0.3 is 5.97 Å². The summed E-state index contributed by atoms with van der Waals surface area (Å²) in [5, 5.41) is 4.05. The minimum absolute atomic E-state index is 0.0322. The Bertz CT molecular complexity index is 1040. The third-order valence-corrected chi connectivity index (χ3v) is 6.69. The highest BCUT2D eigenvalue weighted by molar-refractivity contribution is 5.98. The fourth-order valence-electron chi connectivity index (χ4n) is 4.77. The van der Waals surface area contributed by atoms with Gasteiger partial charge in [0.25, 0.3) is 5.91 Å². The van der Waals surface area contributed by atoms with E-state index in [-0.39, 0.29) is 35.6 Å². The van der Waals surface area contributed by atoms with Gasteiger partial charge in [0.05, 0.1) is 5.60 Å². The summed E-state index contributed by atoms with van der Waals surface area (Å²) < 4.78 is 11.5. The molecular weight excluding hydrogens is 380 g/mol. The van der Waals surface area contributed by atoms with E-state index in [0.717, 1.165) is 42.2 Å². The Morgan fingerprint density at radius 1 is 1.37 bits per heavy atom. The van der Waals surface area contributed by atoms with E-state index in [1.165, 1.54) is 0 Å². The van der Waals surface area contributed by atoms with E-state index in [0.29, 0.717) is 17.8 Å². The molecule has 1 aromatic carbocycles. The molecule has 2 aromatic rings. The number of hydrogen-bond donors (Lipinski definition) is 2. The van der Waals surface area contributed by atoms with Gasteiger partial charge in [0.1, 0.15) is 17.9 Å². The third kappa shape index (κ3) is 3.35. The molecule has 156 valence electrons. The van der Waals surface area contributed by atoms with Crippen molar-refractivity contribution in [1.82, 2.24) is 10.3 Å². The van der Waals surface area contributed by atoms with Gasteiger partial charge < -0.3 is 19.8 Å². The molecule has 0 bridgehead atoms. The second-order valence-corrected chi connectivity index (χ2v) is 8.75. The van der Waals surface area contributed by atoms with Crippen molar-refractivity contribution in [3.63, 3.8) is 0 Å². The van der Waals surface area contributed by atoms with Crippen molar-refractivity contribution in [2.75, 3.05) is 6.54 Å². The largest absolute Gasteiger partial charge is 0.455 e. The van der Waals surface area contributed by atoms with Crippen LogP contribution in [0.3, 0.4) is 0 Å². The summed E-state index contributed by atoms with van der Waals surface area (Å²) in [5.41, 5.74) is 2.96. The van der Waals surface area contributed by atoms with E-state index in [1.807, 2.05) is 30.3 Å². The SMILES string of the molecule is C=C1C(=O)O[C@H]2[C@H]1CC/C(CNC(=O)c1cc3ccccc3[nH]1)=C\CC[C@@]1(C)O[C@@H]21. The first-order valence-electron chi connectivity index (χ1n) is 10.6. The van der Waals surface area contributed by atoms with Gasteiger partial charge in [-0.15, -0.1) is 0 Å². The lowest BCUT2D eigenvalue weighted by Gasteiger charge is -2.20. The Kier molecular flexibility index (Phi) is 4.54. The number of fused-ring (bicyclic) bond motifs is 4. The number of esters is 1. The average Bonchev–Trinajstić information content (AvgIpc) is 3.07. The molecule has 2 fully saturated rings. The summed E-state index contributed by atoms with van der Waals surface area (Å²) in [7, 11) is 0. The van der Waals surface area contributed by atoms with Gasteiger partial charge in [-0.3, -0.25) is 4.79 Å². The molecule has 6 heteroatoms. The number of H-pyrrole nitrogens is 1. The van der Waals surface area contributed by atoms with Crippen LogP contribution in [0.2, 0.25) is 0 Å². The van der Waals surface area contributed by atoms with Crippen molar-refractivity contribution in [2.24, 2.45) is 5.92 Å². The minimum atomic E-state index is -0.306. The van der Waals surface area contributed by atoms with Gasteiger partial charge in [0.2, 0.25) is 0 Å². The quantitative estimate of drug-likeness (QED) is 0.353. The number of benzene rings is 1. The Morgan fingerprint density at radius 2 is 2.20 bits per heavy atom. The monoisotopic (exact) mass is 406 g/mol. The zero-order valence-corrected chi connectivity index (χ0v) is 17.1. The average molecular weight is 406 g/mol. The second kappa shape index (κ2) is 7.13. The molecule has 0 saturated carbocycles. The fraction of sp³-hybridized carbons (Fsp3) is 0.417. The summed E-state index contributed by atoms with van der Waals surface area (Å²) in [4.78, 5) is 27.9. The summed E-state index contributed by atoms with van der Waals surface area (Å²) in [6.45, 7) is 6.52. The van der Waals surface area contributed by atoms with Gasteiger partial charge in [0.15, 0.2) is 0 Å². The fourth-order valence-corrected chi connectivity index (χ4v) is 4.77. The number of nitrogens with one attached hydrogen (secondary N) is 2. The molecule has 30 heavy (non-hydrogen) atoms. The maximum absolute atomic E-state index is 12.7. The predicted octanol–water partition coefficient (Wildman–Crippen LogP) is 3.65. The van der Waals surface area contributed by atoms with Crippen molar-refractivity contribution in [3.8, 4) is 0 Å². The Morgan fingerprint density at radius 3 is 3.03 bits per heavy atom. The van der Waals surface area contributed by atoms with Crippen molar-refractivity contribution in [1.29, 1.82) is 0 Å². The third-order valence-electron chi connectivity index (χ3n) is 6.69. The number of ether oxygens (including phenoxy) is 2. The normalized spacial score (nSPS) is 32.6. The Hall–Kier alpha value is -2.86. The molecule has 3 heterocycles. The zero-order chi connectivity index (χ0) is 20.9. The van der Waals surface area contributed by atoms with Crippen LogP contribution in [-0.2, 0) is 14.3 Å². The number of rotatable bonds is 3. The van der Waals surface area contributed by atoms with E-state index in [9.17, 15) is 9.59 Å². The first kappa shape index (κ1) is 19.1. The lowest BCUT2D eigenvalue weighted by Crippen LogP contribution is -2.30. The molecule has 5 rings (SSSR count). The van der Waals surface area contributed by atoms with Gasteiger partial charge in [0, 0.05) is 28.9 Å². The first-order chi connectivity index (χ1) is 14.4. The first-order valence-corrected chi connectivity index (χ1v) is 10.6. The number of epoxide rings is 1. The highest BCUT2D eigenvalue weighted by atomic mass is 16.6. The van der Waals surface area contributed by atoms with Crippen molar-refractivity contribution < 1.29 is 19.1 Å². The highest BCUT2D eigenvalue weighted by Crippen LogP contribution is 2.49. The lowest BCUT2D eigenvalue weighted by molar-refractivity contribution is -0.140. The van der Waals surface area contributed by atoms with E-state index >= 15 is 0 Å². The number of aromatic amines is 1. The Labute approximate surface area is 175 Å². The summed E-state index contributed by atoms with van der Waals surface area (Å²) in [6, 6.07) is 9.70. The van der Waals surface area contributed by atoms with Crippen LogP contribution in [0.1, 0.15) is 43.1 Å². The summed E-state index contributed by atoms with van der Waals surface area (Å²) in [5.74, 6) is -0.460. The molecule has 1 amide bonds. The Balaban J connectivity index is 1.28.